The largest absolute Gasteiger partial charge is 0.352 e. The minimum atomic E-state index is -0.150. The molecule has 3 rings (SSSR count). The van der Waals surface area contributed by atoms with E-state index >= 15 is 0 Å². The van der Waals surface area contributed by atoms with Crippen molar-refractivity contribution in [2.45, 2.75) is 6.92 Å². The summed E-state index contributed by atoms with van der Waals surface area (Å²) in [7, 11) is 0. The van der Waals surface area contributed by atoms with E-state index in [2.05, 4.69) is 5.32 Å². The monoisotopic (exact) mass is 263 g/mol. The molecule has 3 nitrogen and oxygen atoms in total. The van der Waals surface area contributed by atoms with Crippen LogP contribution in [-0.4, -0.2) is 11.6 Å². The predicted octanol–water partition coefficient (Wildman–Crippen LogP) is 3.37. The number of ketones is 2. The summed E-state index contributed by atoms with van der Waals surface area (Å²) in [5, 5.41) is 3.01. The fourth-order valence-corrected chi connectivity index (χ4v) is 2.25. The van der Waals surface area contributed by atoms with Crippen molar-refractivity contribution < 1.29 is 9.59 Å². The zero-order valence-corrected chi connectivity index (χ0v) is 11.0. The van der Waals surface area contributed by atoms with E-state index in [1.54, 1.807) is 12.1 Å². The summed E-state index contributed by atoms with van der Waals surface area (Å²) < 4.78 is 0. The Morgan fingerprint density at radius 3 is 2.40 bits per heavy atom. The summed E-state index contributed by atoms with van der Waals surface area (Å²) in [5.41, 5.74) is 3.01. The van der Waals surface area contributed by atoms with Crippen LogP contribution in [0.2, 0.25) is 0 Å². The number of carbonyl (C=O) groups excluding carboxylic acids is 2. The van der Waals surface area contributed by atoms with Crippen LogP contribution in [0.4, 0.5) is 5.69 Å². The van der Waals surface area contributed by atoms with Crippen LogP contribution in [0.25, 0.3) is 0 Å². The molecular weight excluding hydrogens is 250 g/mol. The molecule has 1 aliphatic carbocycles. The van der Waals surface area contributed by atoms with Gasteiger partial charge in [-0.15, -0.1) is 0 Å². The average Bonchev–Trinajstić information content (AvgIpc) is 2.45. The second-order valence-corrected chi connectivity index (χ2v) is 4.79. The highest BCUT2D eigenvalue weighted by Crippen LogP contribution is 2.23. The lowest BCUT2D eigenvalue weighted by molar-refractivity contribution is 0.0985. The van der Waals surface area contributed by atoms with Crippen LogP contribution in [0.3, 0.4) is 0 Å². The second kappa shape index (κ2) is 4.78. The molecule has 2 aromatic rings. The number of hydrogen-bond acceptors (Lipinski definition) is 3. The Kier molecular flexibility index (Phi) is 2.95. The van der Waals surface area contributed by atoms with E-state index in [0.29, 0.717) is 16.8 Å². The Bertz CT molecular complexity index is 730. The quantitative estimate of drug-likeness (QED) is 0.903. The van der Waals surface area contributed by atoms with Crippen LogP contribution in [0.15, 0.2) is 60.3 Å². The van der Waals surface area contributed by atoms with Crippen molar-refractivity contribution >= 4 is 17.3 Å². The van der Waals surface area contributed by atoms with Crippen LogP contribution in [0, 0.1) is 6.92 Å². The lowest BCUT2D eigenvalue weighted by Crippen LogP contribution is -2.21. The molecule has 0 bridgehead atoms. The Morgan fingerprint density at radius 2 is 1.65 bits per heavy atom. The molecule has 0 amide bonds. The van der Waals surface area contributed by atoms with Gasteiger partial charge in [-0.25, -0.2) is 0 Å². The first kappa shape index (κ1) is 12.4. The maximum atomic E-state index is 12.4. The Morgan fingerprint density at radius 1 is 0.900 bits per heavy atom. The van der Waals surface area contributed by atoms with Gasteiger partial charge in [0.1, 0.15) is 0 Å². The lowest BCUT2D eigenvalue weighted by atomic mass is 9.91. The molecule has 0 spiro atoms. The number of fused-ring (bicyclic) bond motifs is 1. The zero-order valence-electron chi connectivity index (χ0n) is 11.0. The first-order valence-electron chi connectivity index (χ1n) is 6.38. The topological polar surface area (TPSA) is 46.2 Å². The number of Topliss-reactive ketones (excluding diaryl/α,β-unsaturated/α-hetero) is 1. The molecule has 1 aliphatic rings. The molecule has 3 heteroatoms. The summed E-state index contributed by atoms with van der Waals surface area (Å²) in [5.74, 6) is -0.287. The van der Waals surface area contributed by atoms with Crippen molar-refractivity contribution in [3.8, 4) is 0 Å². The van der Waals surface area contributed by atoms with Gasteiger partial charge in [0.2, 0.25) is 5.78 Å². The fraction of sp³-hybridized carbons (Fsp3) is 0.0588. The van der Waals surface area contributed by atoms with Gasteiger partial charge in [0.05, 0.1) is 5.70 Å². The van der Waals surface area contributed by atoms with Gasteiger partial charge >= 0.3 is 0 Å². The second-order valence-electron chi connectivity index (χ2n) is 4.79. The first-order chi connectivity index (χ1) is 9.65. The number of rotatable bonds is 2. The smallest absolute Gasteiger partial charge is 0.210 e. The third-order valence-corrected chi connectivity index (χ3v) is 3.26. The Balaban J connectivity index is 1.98. The number of nitrogens with one attached hydrogen (secondary N) is 1. The average molecular weight is 263 g/mol. The Hall–Kier alpha value is -2.68. The molecule has 0 radical (unpaired) electrons. The number of benzene rings is 2. The van der Waals surface area contributed by atoms with E-state index in [9.17, 15) is 9.59 Å². The highest BCUT2D eigenvalue weighted by Gasteiger charge is 2.25. The van der Waals surface area contributed by atoms with Gasteiger partial charge in [0.15, 0.2) is 5.78 Å². The van der Waals surface area contributed by atoms with Crippen molar-refractivity contribution in [2.75, 3.05) is 5.32 Å². The summed E-state index contributed by atoms with van der Waals surface area (Å²) >= 11 is 0. The number of para-hydroxylation sites is 1. The lowest BCUT2D eigenvalue weighted by Gasteiger charge is -2.17. The maximum absolute atomic E-state index is 12.4. The standard InChI is InChI=1S/C17H13NO2/c1-11-7-8-13-14(9-11)16(19)10-15(17(13)20)18-12-5-3-2-4-6-12/h2-10,18H,1H3. The van der Waals surface area contributed by atoms with Gasteiger partial charge in [-0.05, 0) is 31.2 Å². The van der Waals surface area contributed by atoms with Crippen LogP contribution < -0.4 is 5.32 Å². The summed E-state index contributed by atoms with van der Waals surface area (Å²) in [4.78, 5) is 24.5. The molecule has 0 aromatic heterocycles. The summed E-state index contributed by atoms with van der Waals surface area (Å²) in [6, 6.07) is 14.6. The highest BCUT2D eigenvalue weighted by atomic mass is 16.1. The molecule has 0 heterocycles. The van der Waals surface area contributed by atoms with Gasteiger partial charge in [-0.2, -0.15) is 0 Å². The van der Waals surface area contributed by atoms with E-state index in [0.717, 1.165) is 11.3 Å². The van der Waals surface area contributed by atoms with Crippen LogP contribution in [0.5, 0.6) is 0 Å². The molecule has 0 aliphatic heterocycles. The van der Waals surface area contributed by atoms with Crippen LogP contribution >= 0.6 is 0 Å². The number of hydrogen-bond donors (Lipinski definition) is 1. The van der Waals surface area contributed by atoms with Crippen molar-refractivity contribution in [1.82, 2.24) is 0 Å². The summed E-state index contributed by atoms with van der Waals surface area (Å²) in [6.07, 6.45) is 1.37. The molecule has 0 saturated heterocycles. The molecule has 1 N–H and O–H groups in total. The maximum Gasteiger partial charge on any atom is 0.210 e. The van der Waals surface area contributed by atoms with Gasteiger partial charge in [-0.1, -0.05) is 29.8 Å². The molecule has 2 aromatic carbocycles. The zero-order chi connectivity index (χ0) is 14.1. The molecule has 0 unspecified atom stereocenters. The molecule has 20 heavy (non-hydrogen) atoms. The van der Waals surface area contributed by atoms with Crippen molar-refractivity contribution in [1.29, 1.82) is 0 Å². The molecule has 0 atom stereocenters. The molecule has 98 valence electrons. The van der Waals surface area contributed by atoms with E-state index in [-0.39, 0.29) is 11.6 Å². The van der Waals surface area contributed by atoms with E-state index < -0.39 is 0 Å². The Labute approximate surface area is 116 Å². The van der Waals surface area contributed by atoms with E-state index in [4.69, 9.17) is 0 Å². The van der Waals surface area contributed by atoms with Gasteiger partial charge in [-0.3, -0.25) is 9.59 Å². The van der Waals surface area contributed by atoms with Crippen LogP contribution in [-0.2, 0) is 0 Å². The minimum Gasteiger partial charge on any atom is -0.352 e. The minimum absolute atomic E-state index is 0.137. The number of carbonyl (C=O) groups is 2. The van der Waals surface area contributed by atoms with E-state index in [1.807, 2.05) is 43.3 Å². The van der Waals surface area contributed by atoms with Gasteiger partial charge in [0.25, 0.3) is 0 Å². The molecule has 0 fully saturated rings. The third kappa shape index (κ3) is 2.14. The number of aryl methyl sites for hydroxylation is 1. The fourth-order valence-electron chi connectivity index (χ4n) is 2.25. The van der Waals surface area contributed by atoms with Crippen LogP contribution in [0.1, 0.15) is 26.3 Å². The van der Waals surface area contributed by atoms with Crippen molar-refractivity contribution in [2.24, 2.45) is 0 Å². The van der Waals surface area contributed by atoms with Gasteiger partial charge < -0.3 is 5.32 Å². The van der Waals surface area contributed by atoms with E-state index in [1.165, 1.54) is 6.08 Å². The highest BCUT2D eigenvalue weighted by molar-refractivity contribution is 6.25. The van der Waals surface area contributed by atoms with Crippen molar-refractivity contribution in [3.63, 3.8) is 0 Å². The first-order valence-corrected chi connectivity index (χ1v) is 6.38. The van der Waals surface area contributed by atoms with Gasteiger partial charge in [0, 0.05) is 22.9 Å². The molecule has 0 saturated carbocycles. The third-order valence-electron chi connectivity index (χ3n) is 3.26. The summed E-state index contributed by atoms with van der Waals surface area (Å²) in [6.45, 7) is 1.90. The normalized spacial score (nSPS) is 13.8. The number of allylic oxidation sites excluding steroid dienone is 2. The number of anilines is 1. The van der Waals surface area contributed by atoms with Crippen molar-refractivity contribution in [3.05, 3.63) is 77.0 Å². The molecular formula is C17H13NO2. The predicted molar refractivity (Wildman–Crippen MR) is 78.0 cm³/mol. The SMILES string of the molecule is Cc1ccc2c(c1)C(=O)C=C(Nc1ccccc1)C2=O.